The van der Waals surface area contributed by atoms with Crippen molar-refractivity contribution in [2.45, 2.75) is 39.5 Å². The number of carbonyl (C=O) groups is 3. The van der Waals surface area contributed by atoms with E-state index in [1.54, 1.807) is 20.8 Å². The number of ether oxygens (including phenoxy) is 1. The zero-order valence-corrected chi connectivity index (χ0v) is 17.3. The van der Waals surface area contributed by atoms with Crippen molar-refractivity contribution < 1.29 is 32.3 Å². The van der Waals surface area contributed by atoms with Gasteiger partial charge in [-0.25, -0.2) is 4.79 Å². The maximum atomic E-state index is 13.4. The zero-order valence-electron chi connectivity index (χ0n) is 17.3. The Morgan fingerprint density at radius 2 is 1.42 bits per heavy atom. The molecule has 0 unspecified atom stereocenters. The number of amides is 3. The Labute approximate surface area is 177 Å². The minimum Gasteiger partial charge on any atom is -0.444 e. The van der Waals surface area contributed by atoms with Crippen molar-refractivity contribution in [1.29, 1.82) is 0 Å². The van der Waals surface area contributed by atoms with Crippen LogP contribution in [0.4, 0.5) is 35.0 Å². The third kappa shape index (κ3) is 7.32. The van der Waals surface area contributed by atoms with E-state index in [1.165, 1.54) is 37.3 Å². The number of nitrogens with one attached hydrogen (secondary N) is 3. The van der Waals surface area contributed by atoms with Gasteiger partial charge in [-0.3, -0.25) is 14.9 Å². The van der Waals surface area contributed by atoms with Gasteiger partial charge >= 0.3 is 12.3 Å². The van der Waals surface area contributed by atoms with Crippen LogP contribution >= 0.6 is 0 Å². The van der Waals surface area contributed by atoms with Crippen molar-refractivity contribution in [3.05, 3.63) is 53.6 Å². The van der Waals surface area contributed by atoms with Gasteiger partial charge in [-0.05, 0) is 63.2 Å². The predicted molar refractivity (Wildman–Crippen MR) is 110 cm³/mol. The molecule has 7 nitrogen and oxygen atoms in total. The lowest BCUT2D eigenvalue weighted by Gasteiger charge is -2.19. The molecule has 0 radical (unpaired) electrons. The number of hydrogen-bond donors (Lipinski definition) is 3. The summed E-state index contributed by atoms with van der Waals surface area (Å²) in [5.41, 5.74) is -1.86. The van der Waals surface area contributed by atoms with Crippen molar-refractivity contribution in [3.8, 4) is 0 Å². The van der Waals surface area contributed by atoms with E-state index in [1.807, 2.05) is 0 Å². The van der Waals surface area contributed by atoms with Crippen molar-refractivity contribution in [2.24, 2.45) is 0 Å². The van der Waals surface area contributed by atoms with E-state index in [-0.39, 0.29) is 11.3 Å². The minimum absolute atomic E-state index is 0.0459. The summed E-state index contributed by atoms with van der Waals surface area (Å²) in [6.07, 6.45) is -5.43. The first-order valence-electron chi connectivity index (χ1n) is 9.15. The van der Waals surface area contributed by atoms with Crippen LogP contribution in [0.3, 0.4) is 0 Å². The third-order valence-electron chi connectivity index (χ3n) is 3.69. The van der Waals surface area contributed by atoms with Crippen molar-refractivity contribution in [1.82, 2.24) is 0 Å². The molecule has 2 aromatic carbocycles. The topological polar surface area (TPSA) is 96.5 Å². The fourth-order valence-corrected chi connectivity index (χ4v) is 2.49. The standard InChI is InChI=1S/C21H22F3N3O4/c1-12(28)25-15-9-10-17(16(11-15)21(22,23)24)27-18(29)13-5-7-14(8-6-13)26-19(30)31-20(2,3)4/h5-11H,1-4H3,(H,25,28)(H,26,30)(H,27,29). The normalized spacial score (nSPS) is 11.5. The number of alkyl halides is 3. The summed E-state index contributed by atoms with van der Waals surface area (Å²) in [6, 6.07) is 8.59. The Kier molecular flexibility index (Phi) is 6.94. The van der Waals surface area contributed by atoms with E-state index in [0.29, 0.717) is 5.69 Å². The van der Waals surface area contributed by atoms with Gasteiger partial charge in [0.2, 0.25) is 5.91 Å². The fraction of sp³-hybridized carbons (Fsp3) is 0.286. The molecule has 0 fully saturated rings. The number of benzene rings is 2. The molecule has 0 bridgehead atoms. The maximum absolute atomic E-state index is 13.4. The Bertz CT molecular complexity index is 981. The summed E-state index contributed by atoms with van der Waals surface area (Å²) in [5.74, 6) is -1.30. The second-order valence-electron chi connectivity index (χ2n) is 7.60. The summed E-state index contributed by atoms with van der Waals surface area (Å²) >= 11 is 0. The predicted octanol–water partition coefficient (Wildman–Crippen LogP) is 5.26. The van der Waals surface area contributed by atoms with Gasteiger partial charge in [0.1, 0.15) is 5.60 Å². The lowest BCUT2D eigenvalue weighted by atomic mass is 10.1. The molecule has 3 N–H and O–H groups in total. The van der Waals surface area contributed by atoms with Crippen LogP contribution < -0.4 is 16.0 Å². The van der Waals surface area contributed by atoms with Gasteiger partial charge in [0.05, 0.1) is 11.3 Å². The minimum atomic E-state index is -4.75. The lowest BCUT2D eigenvalue weighted by Crippen LogP contribution is -2.27. The van der Waals surface area contributed by atoms with E-state index >= 15 is 0 Å². The molecule has 0 aromatic heterocycles. The number of anilines is 3. The van der Waals surface area contributed by atoms with Crippen molar-refractivity contribution >= 4 is 35.0 Å². The summed E-state index contributed by atoms with van der Waals surface area (Å²) in [5, 5.41) is 6.98. The summed E-state index contributed by atoms with van der Waals surface area (Å²) in [4.78, 5) is 35.3. The molecule has 2 rings (SSSR count). The second kappa shape index (κ2) is 9.07. The highest BCUT2D eigenvalue weighted by atomic mass is 19.4. The molecular formula is C21H22F3N3O4. The average molecular weight is 437 g/mol. The fourth-order valence-electron chi connectivity index (χ4n) is 2.49. The van der Waals surface area contributed by atoms with E-state index in [4.69, 9.17) is 4.74 Å². The Hall–Kier alpha value is -3.56. The molecule has 0 aliphatic rings. The first-order chi connectivity index (χ1) is 14.2. The second-order valence-corrected chi connectivity index (χ2v) is 7.60. The van der Waals surface area contributed by atoms with Gasteiger partial charge < -0.3 is 15.4 Å². The maximum Gasteiger partial charge on any atom is 0.418 e. The molecule has 0 atom stereocenters. The van der Waals surface area contributed by atoms with Gasteiger partial charge in [-0.15, -0.1) is 0 Å². The molecule has 166 valence electrons. The molecule has 0 aliphatic heterocycles. The molecule has 0 heterocycles. The molecule has 10 heteroatoms. The summed E-state index contributed by atoms with van der Waals surface area (Å²) in [6.45, 7) is 6.29. The zero-order chi connectivity index (χ0) is 23.4. The quantitative estimate of drug-likeness (QED) is 0.608. The highest BCUT2D eigenvalue weighted by Gasteiger charge is 2.34. The molecule has 0 saturated heterocycles. The first-order valence-corrected chi connectivity index (χ1v) is 9.15. The Balaban J connectivity index is 2.16. The van der Waals surface area contributed by atoms with Crippen LogP contribution in [-0.4, -0.2) is 23.5 Å². The SMILES string of the molecule is CC(=O)Nc1ccc(NC(=O)c2ccc(NC(=O)OC(C)(C)C)cc2)c(C(F)(F)F)c1. The van der Waals surface area contributed by atoms with Gasteiger partial charge in [0.25, 0.3) is 5.91 Å². The van der Waals surface area contributed by atoms with E-state index in [2.05, 4.69) is 16.0 Å². The van der Waals surface area contributed by atoms with Gasteiger partial charge in [-0.2, -0.15) is 13.2 Å². The average Bonchev–Trinajstić information content (AvgIpc) is 2.60. The number of rotatable bonds is 4. The molecule has 31 heavy (non-hydrogen) atoms. The molecule has 3 amide bonds. The van der Waals surface area contributed by atoms with Crippen molar-refractivity contribution in [2.75, 3.05) is 16.0 Å². The molecule has 0 spiro atoms. The van der Waals surface area contributed by atoms with E-state index in [9.17, 15) is 27.6 Å². The van der Waals surface area contributed by atoms with Crippen LogP contribution in [-0.2, 0) is 15.7 Å². The Morgan fingerprint density at radius 3 is 1.94 bits per heavy atom. The van der Waals surface area contributed by atoms with Crippen LogP contribution in [0.5, 0.6) is 0 Å². The van der Waals surface area contributed by atoms with Gasteiger partial charge in [-0.1, -0.05) is 0 Å². The van der Waals surface area contributed by atoms with Crippen LogP contribution in [0.2, 0.25) is 0 Å². The van der Waals surface area contributed by atoms with Gasteiger partial charge in [0, 0.05) is 23.9 Å². The lowest BCUT2D eigenvalue weighted by molar-refractivity contribution is -0.137. The molecular weight excluding hydrogens is 415 g/mol. The number of carbonyl (C=O) groups excluding carboxylic acids is 3. The Morgan fingerprint density at radius 1 is 0.839 bits per heavy atom. The van der Waals surface area contributed by atoms with Crippen LogP contribution in [0.15, 0.2) is 42.5 Å². The number of hydrogen-bond acceptors (Lipinski definition) is 4. The first kappa shape index (κ1) is 23.7. The monoisotopic (exact) mass is 437 g/mol. The molecule has 0 saturated carbocycles. The van der Waals surface area contributed by atoms with Crippen LogP contribution in [0.25, 0.3) is 0 Å². The summed E-state index contributed by atoms with van der Waals surface area (Å²) < 4.78 is 45.3. The van der Waals surface area contributed by atoms with Crippen LogP contribution in [0, 0.1) is 0 Å². The molecule has 0 aliphatic carbocycles. The van der Waals surface area contributed by atoms with Crippen molar-refractivity contribution in [3.63, 3.8) is 0 Å². The van der Waals surface area contributed by atoms with Gasteiger partial charge in [0.15, 0.2) is 0 Å². The highest BCUT2D eigenvalue weighted by molar-refractivity contribution is 6.05. The van der Waals surface area contributed by atoms with Crippen LogP contribution in [0.1, 0.15) is 43.6 Å². The third-order valence-corrected chi connectivity index (χ3v) is 3.69. The number of halogens is 3. The smallest absolute Gasteiger partial charge is 0.418 e. The largest absolute Gasteiger partial charge is 0.444 e. The summed E-state index contributed by atoms with van der Waals surface area (Å²) in [7, 11) is 0. The van der Waals surface area contributed by atoms with E-state index < -0.39 is 40.9 Å². The van der Waals surface area contributed by atoms with E-state index in [0.717, 1.165) is 12.1 Å². The highest BCUT2D eigenvalue weighted by Crippen LogP contribution is 2.36. The molecule has 2 aromatic rings.